The van der Waals surface area contributed by atoms with E-state index in [0.29, 0.717) is 5.56 Å². The Morgan fingerprint density at radius 1 is 1.47 bits per heavy atom. The number of methoxy groups -OCH3 is 1. The van der Waals surface area contributed by atoms with Crippen molar-refractivity contribution in [2.45, 2.75) is 6.54 Å². The third-order valence-corrected chi connectivity index (χ3v) is 2.66. The van der Waals surface area contributed by atoms with Crippen molar-refractivity contribution >= 4 is 5.97 Å². The quantitative estimate of drug-likeness (QED) is 0.760. The summed E-state index contributed by atoms with van der Waals surface area (Å²) >= 11 is 0. The predicted molar refractivity (Wildman–Crippen MR) is 64.3 cm³/mol. The van der Waals surface area contributed by atoms with E-state index in [1.807, 2.05) is 0 Å². The normalized spacial score (nSPS) is 10.5. The average molecular weight is 265 g/mol. The summed E-state index contributed by atoms with van der Waals surface area (Å²) in [4.78, 5) is 22.8. The van der Waals surface area contributed by atoms with Crippen molar-refractivity contribution in [2.24, 2.45) is 7.05 Å². The Balaban J connectivity index is 2.28. The van der Waals surface area contributed by atoms with E-state index < -0.39 is 11.8 Å². The minimum absolute atomic E-state index is 0.137. The number of aromatic nitrogens is 3. The van der Waals surface area contributed by atoms with Gasteiger partial charge in [-0.25, -0.2) is 18.7 Å². The van der Waals surface area contributed by atoms with Crippen LogP contribution in [0.5, 0.6) is 0 Å². The molecule has 0 unspecified atom stereocenters. The van der Waals surface area contributed by atoms with E-state index in [-0.39, 0.29) is 17.8 Å². The van der Waals surface area contributed by atoms with Crippen LogP contribution in [0.1, 0.15) is 15.9 Å². The summed E-state index contributed by atoms with van der Waals surface area (Å²) in [5.41, 5.74) is 0.100. The van der Waals surface area contributed by atoms with Gasteiger partial charge in [0, 0.05) is 7.05 Å². The van der Waals surface area contributed by atoms with E-state index in [2.05, 4.69) is 9.84 Å². The Hall–Kier alpha value is -2.44. The number of carbonyl (C=O) groups is 1. The number of nitrogens with zero attached hydrogens (tertiary/aromatic N) is 3. The molecule has 0 N–H and O–H groups in total. The minimum Gasteiger partial charge on any atom is -0.465 e. The lowest BCUT2D eigenvalue weighted by atomic mass is 10.1. The van der Waals surface area contributed by atoms with E-state index in [1.165, 1.54) is 34.8 Å². The number of hydrogen-bond acceptors (Lipinski definition) is 4. The van der Waals surface area contributed by atoms with Gasteiger partial charge in [-0.15, -0.1) is 0 Å². The van der Waals surface area contributed by atoms with E-state index in [0.717, 1.165) is 0 Å². The third kappa shape index (κ3) is 2.54. The van der Waals surface area contributed by atoms with Crippen molar-refractivity contribution in [3.63, 3.8) is 0 Å². The molecular formula is C12H12FN3O3. The Kier molecular flexibility index (Phi) is 3.46. The topological polar surface area (TPSA) is 66.1 Å². The largest absolute Gasteiger partial charge is 0.465 e. The smallest absolute Gasteiger partial charge is 0.345 e. The zero-order chi connectivity index (χ0) is 14.0. The van der Waals surface area contributed by atoms with Gasteiger partial charge in [-0.1, -0.05) is 6.07 Å². The molecule has 1 aromatic heterocycles. The molecule has 0 radical (unpaired) electrons. The van der Waals surface area contributed by atoms with Crippen molar-refractivity contribution in [2.75, 3.05) is 7.11 Å². The van der Waals surface area contributed by atoms with Crippen molar-refractivity contribution in [1.29, 1.82) is 0 Å². The fourth-order valence-electron chi connectivity index (χ4n) is 1.63. The number of benzene rings is 1. The van der Waals surface area contributed by atoms with Crippen LogP contribution < -0.4 is 5.69 Å². The molecule has 19 heavy (non-hydrogen) atoms. The summed E-state index contributed by atoms with van der Waals surface area (Å²) in [6.45, 7) is 0.137. The molecule has 6 nitrogen and oxygen atoms in total. The lowest BCUT2D eigenvalue weighted by Gasteiger charge is -2.04. The Morgan fingerprint density at radius 2 is 2.21 bits per heavy atom. The lowest BCUT2D eigenvalue weighted by Crippen LogP contribution is -2.23. The molecule has 2 rings (SSSR count). The summed E-state index contributed by atoms with van der Waals surface area (Å²) in [5.74, 6) is -1.42. The predicted octanol–water partition coefficient (Wildman–Crippen LogP) is 0.556. The maximum atomic E-state index is 13.7. The molecule has 0 saturated heterocycles. The van der Waals surface area contributed by atoms with Gasteiger partial charge >= 0.3 is 11.7 Å². The SMILES string of the molecule is COC(=O)c1ccc(Cn2ncn(C)c2=O)cc1F. The van der Waals surface area contributed by atoms with Gasteiger partial charge in [0.2, 0.25) is 0 Å². The second-order valence-corrected chi connectivity index (χ2v) is 3.99. The number of aryl methyl sites for hydroxylation is 1. The zero-order valence-electron chi connectivity index (χ0n) is 10.5. The number of halogens is 1. The van der Waals surface area contributed by atoms with Crippen molar-refractivity contribution in [1.82, 2.24) is 14.3 Å². The molecule has 0 atom stereocenters. The number of esters is 1. The molecule has 0 saturated carbocycles. The van der Waals surface area contributed by atoms with Crippen LogP contribution in [0.4, 0.5) is 4.39 Å². The first-order chi connectivity index (χ1) is 9.02. The summed E-state index contributed by atoms with van der Waals surface area (Å²) < 4.78 is 20.6. The highest BCUT2D eigenvalue weighted by Gasteiger charge is 2.13. The van der Waals surface area contributed by atoms with Gasteiger partial charge in [-0.2, -0.15) is 5.10 Å². The molecule has 0 aliphatic heterocycles. The molecule has 1 aromatic carbocycles. The minimum atomic E-state index is -0.737. The van der Waals surface area contributed by atoms with Crippen LogP contribution in [-0.2, 0) is 18.3 Å². The second-order valence-electron chi connectivity index (χ2n) is 3.99. The van der Waals surface area contributed by atoms with Crippen LogP contribution in [0.25, 0.3) is 0 Å². The van der Waals surface area contributed by atoms with Gasteiger partial charge in [0.1, 0.15) is 12.1 Å². The fraction of sp³-hybridized carbons (Fsp3) is 0.250. The summed E-state index contributed by atoms with van der Waals surface area (Å²) in [5, 5.41) is 3.87. The van der Waals surface area contributed by atoms with Crippen LogP contribution in [-0.4, -0.2) is 27.4 Å². The van der Waals surface area contributed by atoms with E-state index in [1.54, 1.807) is 13.1 Å². The highest BCUT2D eigenvalue weighted by molar-refractivity contribution is 5.89. The van der Waals surface area contributed by atoms with Gasteiger partial charge in [0.15, 0.2) is 0 Å². The van der Waals surface area contributed by atoms with Crippen LogP contribution in [0.3, 0.4) is 0 Å². The second kappa shape index (κ2) is 5.05. The molecule has 0 fully saturated rings. The maximum Gasteiger partial charge on any atom is 0.345 e. The molecular weight excluding hydrogens is 253 g/mol. The summed E-state index contributed by atoms with van der Waals surface area (Å²) in [7, 11) is 2.76. The van der Waals surface area contributed by atoms with Crippen molar-refractivity contribution in [3.8, 4) is 0 Å². The molecule has 0 aliphatic carbocycles. The zero-order valence-corrected chi connectivity index (χ0v) is 10.5. The lowest BCUT2D eigenvalue weighted by molar-refractivity contribution is 0.0595. The number of hydrogen-bond donors (Lipinski definition) is 0. The monoisotopic (exact) mass is 265 g/mol. The van der Waals surface area contributed by atoms with Crippen molar-refractivity contribution < 1.29 is 13.9 Å². The Bertz CT molecular complexity index is 675. The Morgan fingerprint density at radius 3 is 2.74 bits per heavy atom. The van der Waals surface area contributed by atoms with Gasteiger partial charge in [0.05, 0.1) is 19.2 Å². The molecule has 7 heteroatoms. The number of carbonyl (C=O) groups excluding carboxylic acids is 1. The van der Waals surface area contributed by atoms with Gasteiger partial charge in [-0.05, 0) is 17.7 Å². The van der Waals surface area contributed by atoms with Crippen molar-refractivity contribution in [3.05, 3.63) is 52.0 Å². The molecule has 1 heterocycles. The third-order valence-electron chi connectivity index (χ3n) is 2.66. The molecule has 0 aliphatic rings. The highest BCUT2D eigenvalue weighted by atomic mass is 19.1. The summed E-state index contributed by atoms with van der Waals surface area (Å²) in [6, 6.07) is 4.06. The van der Waals surface area contributed by atoms with Gasteiger partial charge < -0.3 is 4.74 Å². The first-order valence-electron chi connectivity index (χ1n) is 5.48. The molecule has 0 spiro atoms. The first kappa shape index (κ1) is 13.0. The Labute approximate surface area is 108 Å². The van der Waals surface area contributed by atoms with E-state index in [9.17, 15) is 14.0 Å². The van der Waals surface area contributed by atoms with Gasteiger partial charge in [-0.3, -0.25) is 4.57 Å². The van der Waals surface area contributed by atoms with E-state index in [4.69, 9.17) is 0 Å². The van der Waals surface area contributed by atoms with Crippen LogP contribution in [0.2, 0.25) is 0 Å². The first-order valence-corrected chi connectivity index (χ1v) is 5.48. The summed E-state index contributed by atoms with van der Waals surface area (Å²) in [6.07, 6.45) is 1.38. The number of rotatable bonds is 3. The molecule has 0 bridgehead atoms. The van der Waals surface area contributed by atoms with E-state index >= 15 is 0 Å². The highest BCUT2D eigenvalue weighted by Crippen LogP contribution is 2.12. The van der Waals surface area contributed by atoms with Gasteiger partial charge in [0.25, 0.3) is 0 Å². The van der Waals surface area contributed by atoms with Crippen LogP contribution in [0.15, 0.2) is 29.3 Å². The van der Waals surface area contributed by atoms with Crippen LogP contribution >= 0.6 is 0 Å². The molecule has 100 valence electrons. The number of ether oxygens (including phenoxy) is 1. The molecule has 2 aromatic rings. The fourth-order valence-corrected chi connectivity index (χ4v) is 1.63. The molecule has 0 amide bonds. The standard InChI is InChI=1S/C12H12FN3O3/c1-15-7-14-16(12(15)18)6-8-3-4-9(10(13)5-8)11(17)19-2/h3-5,7H,6H2,1-2H3. The average Bonchev–Trinajstić information content (AvgIpc) is 2.70. The van der Waals surface area contributed by atoms with Crippen LogP contribution in [0, 0.1) is 5.82 Å². The maximum absolute atomic E-state index is 13.7.